The third kappa shape index (κ3) is 1.04. The van der Waals surface area contributed by atoms with E-state index in [0.29, 0.717) is 6.54 Å². The first-order chi connectivity index (χ1) is 4.25. The summed E-state index contributed by atoms with van der Waals surface area (Å²) in [6, 6.07) is -0.412. The molecule has 0 spiro atoms. The van der Waals surface area contributed by atoms with Crippen LogP contribution >= 0.6 is 0 Å². The molecule has 1 rings (SSSR count). The van der Waals surface area contributed by atoms with Crippen LogP contribution in [0.3, 0.4) is 0 Å². The number of hydrogen-bond donors (Lipinski definition) is 3. The molecule has 1 aliphatic heterocycles. The third-order valence-corrected chi connectivity index (χ3v) is 1.59. The predicted octanol–water partition coefficient (Wildman–Crippen LogP) is -0.900. The van der Waals surface area contributed by atoms with E-state index in [1.807, 2.05) is 12.4 Å². The molecule has 1 fully saturated rings. The monoisotopic (exact) mass is 130 g/mol. The Morgan fingerprint density at radius 2 is 2.56 bits per heavy atom. The van der Waals surface area contributed by atoms with Crippen LogP contribution in [-0.4, -0.2) is 23.7 Å². The van der Waals surface area contributed by atoms with Crippen LogP contribution in [0.1, 0.15) is 6.92 Å². The van der Waals surface area contributed by atoms with Crippen molar-refractivity contribution in [3.63, 3.8) is 0 Å². The van der Waals surface area contributed by atoms with E-state index < -0.39 is 6.04 Å². The fourth-order valence-electron chi connectivity index (χ4n) is 0.934. The number of hydroxylamine groups is 1. The molecule has 0 saturated carbocycles. The second-order valence-corrected chi connectivity index (χ2v) is 2.33. The van der Waals surface area contributed by atoms with Crippen molar-refractivity contribution in [3.05, 3.63) is 0 Å². The molecule has 0 bridgehead atoms. The number of amides is 1. The molecule has 52 valence electrons. The van der Waals surface area contributed by atoms with Crippen LogP contribution in [0.2, 0.25) is 0 Å². The molecule has 0 aromatic rings. The van der Waals surface area contributed by atoms with Crippen molar-refractivity contribution >= 4 is 5.91 Å². The maximum Gasteiger partial charge on any atom is 0.239 e. The summed E-state index contributed by atoms with van der Waals surface area (Å²) in [5.41, 5.74) is 1.95. The molecule has 0 radical (unpaired) electrons. The van der Waals surface area contributed by atoms with Crippen LogP contribution in [0.5, 0.6) is 0 Å². The zero-order valence-electron chi connectivity index (χ0n) is 5.22. The lowest BCUT2D eigenvalue weighted by Crippen LogP contribution is -2.36. The topological polar surface area (TPSA) is 61.4 Å². The summed E-state index contributed by atoms with van der Waals surface area (Å²) in [4.78, 5) is 10.7. The molecule has 2 unspecified atom stereocenters. The molecule has 0 aromatic carbocycles. The highest BCUT2D eigenvalue weighted by atomic mass is 16.5. The van der Waals surface area contributed by atoms with Crippen molar-refractivity contribution in [2.24, 2.45) is 5.92 Å². The Hall–Kier alpha value is -0.610. The molecule has 9 heavy (non-hydrogen) atoms. The summed E-state index contributed by atoms with van der Waals surface area (Å²) < 4.78 is 0. The summed E-state index contributed by atoms with van der Waals surface area (Å²) in [6.07, 6.45) is 0. The highest BCUT2D eigenvalue weighted by Gasteiger charge is 2.30. The predicted molar refractivity (Wildman–Crippen MR) is 30.9 cm³/mol. The minimum absolute atomic E-state index is 0.120. The summed E-state index contributed by atoms with van der Waals surface area (Å²) in [5.74, 6) is 0.0625. The van der Waals surface area contributed by atoms with E-state index in [4.69, 9.17) is 5.21 Å². The normalized spacial score (nSPS) is 34.7. The van der Waals surface area contributed by atoms with Gasteiger partial charge in [0, 0.05) is 6.54 Å². The van der Waals surface area contributed by atoms with Gasteiger partial charge >= 0.3 is 0 Å². The maximum absolute atomic E-state index is 10.7. The van der Waals surface area contributed by atoms with E-state index in [0.717, 1.165) is 0 Å². The van der Waals surface area contributed by atoms with Gasteiger partial charge in [0.05, 0.1) is 0 Å². The van der Waals surface area contributed by atoms with Crippen molar-refractivity contribution < 1.29 is 10.0 Å². The zero-order valence-corrected chi connectivity index (χ0v) is 5.22. The van der Waals surface area contributed by atoms with Gasteiger partial charge in [0.2, 0.25) is 5.91 Å². The number of hydrogen-bond acceptors (Lipinski definition) is 3. The molecule has 0 aliphatic carbocycles. The average Bonchev–Trinajstić information content (AvgIpc) is 2.12. The van der Waals surface area contributed by atoms with Crippen LogP contribution in [0.15, 0.2) is 0 Å². The fraction of sp³-hybridized carbons (Fsp3) is 0.800. The summed E-state index contributed by atoms with van der Waals surface area (Å²) in [5, 5.41) is 11.0. The molecule has 4 nitrogen and oxygen atoms in total. The molecule has 1 amide bonds. The van der Waals surface area contributed by atoms with Gasteiger partial charge in [-0.2, -0.15) is 5.48 Å². The third-order valence-electron chi connectivity index (χ3n) is 1.59. The molecule has 1 heterocycles. The Morgan fingerprint density at radius 3 is 2.78 bits per heavy atom. The van der Waals surface area contributed by atoms with Gasteiger partial charge in [-0.15, -0.1) is 0 Å². The van der Waals surface area contributed by atoms with Gasteiger partial charge in [-0.3, -0.25) is 4.79 Å². The van der Waals surface area contributed by atoms with Crippen molar-refractivity contribution in [1.82, 2.24) is 10.8 Å². The Balaban J connectivity index is 2.55. The first kappa shape index (κ1) is 6.51. The molecular weight excluding hydrogens is 120 g/mol. The lowest BCUT2D eigenvalue weighted by atomic mass is 10.1. The standard InChI is InChI=1S/C5H10N2O2/c1-3-2-6-5(8)4(3)7-9/h3-4,7,9H,2H2,1H3,(H,6,8). The van der Waals surface area contributed by atoms with Gasteiger partial charge in [0.15, 0.2) is 0 Å². The van der Waals surface area contributed by atoms with Crippen molar-refractivity contribution in [2.45, 2.75) is 13.0 Å². The second-order valence-electron chi connectivity index (χ2n) is 2.33. The van der Waals surface area contributed by atoms with E-state index in [1.54, 1.807) is 0 Å². The molecule has 1 aliphatic rings. The van der Waals surface area contributed by atoms with Gasteiger partial charge in [0.1, 0.15) is 6.04 Å². The first-order valence-electron chi connectivity index (χ1n) is 2.93. The highest BCUT2D eigenvalue weighted by molar-refractivity contribution is 5.84. The van der Waals surface area contributed by atoms with Gasteiger partial charge in [-0.05, 0) is 5.92 Å². The van der Waals surface area contributed by atoms with Gasteiger partial charge in [-0.25, -0.2) is 0 Å². The van der Waals surface area contributed by atoms with Crippen LogP contribution in [0.25, 0.3) is 0 Å². The lowest BCUT2D eigenvalue weighted by Gasteiger charge is -2.07. The van der Waals surface area contributed by atoms with Crippen molar-refractivity contribution in [2.75, 3.05) is 6.54 Å². The fourth-order valence-corrected chi connectivity index (χ4v) is 0.934. The average molecular weight is 130 g/mol. The minimum Gasteiger partial charge on any atom is -0.354 e. The first-order valence-corrected chi connectivity index (χ1v) is 2.93. The van der Waals surface area contributed by atoms with Gasteiger partial charge in [0.25, 0.3) is 0 Å². The second kappa shape index (κ2) is 2.33. The van der Waals surface area contributed by atoms with Gasteiger partial charge < -0.3 is 10.5 Å². The van der Waals surface area contributed by atoms with Gasteiger partial charge in [-0.1, -0.05) is 6.92 Å². The highest BCUT2D eigenvalue weighted by Crippen LogP contribution is 2.07. The van der Waals surface area contributed by atoms with Crippen LogP contribution in [-0.2, 0) is 4.79 Å². The van der Waals surface area contributed by atoms with E-state index in [9.17, 15) is 4.79 Å². The van der Waals surface area contributed by atoms with Crippen molar-refractivity contribution in [1.29, 1.82) is 0 Å². The molecule has 0 aromatic heterocycles. The number of nitrogens with one attached hydrogen (secondary N) is 2. The molecular formula is C5H10N2O2. The molecule has 4 heteroatoms. The Kier molecular flexibility index (Phi) is 1.68. The lowest BCUT2D eigenvalue weighted by molar-refractivity contribution is -0.123. The van der Waals surface area contributed by atoms with Crippen LogP contribution in [0, 0.1) is 5.92 Å². The molecule has 1 saturated heterocycles. The van der Waals surface area contributed by atoms with E-state index in [2.05, 4.69) is 5.32 Å². The maximum atomic E-state index is 10.7. The largest absolute Gasteiger partial charge is 0.354 e. The Morgan fingerprint density at radius 1 is 1.89 bits per heavy atom. The van der Waals surface area contributed by atoms with Crippen LogP contribution < -0.4 is 10.8 Å². The molecule has 3 N–H and O–H groups in total. The summed E-state index contributed by atoms with van der Waals surface area (Å²) in [6.45, 7) is 2.54. The summed E-state index contributed by atoms with van der Waals surface area (Å²) >= 11 is 0. The molecule has 2 atom stereocenters. The Bertz CT molecular complexity index is 126. The minimum atomic E-state index is -0.412. The smallest absolute Gasteiger partial charge is 0.239 e. The van der Waals surface area contributed by atoms with E-state index in [1.165, 1.54) is 0 Å². The zero-order chi connectivity index (χ0) is 6.85. The number of carbonyl (C=O) groups is 1. The summed E-state index contributed by atoms with van der Waals surface area (Å²) in [7, 11) is 0. The SMILES string of the molecule is CC1CNC(=O)C1NO. The number of carbonyl (C=O) groups excluding carboxylic acids is 1. The van der Waals surface area contributed by atoms with Crippen LogP contribution in [0.4, 0.5) is 0 Å². The number of rotatable bonds is 1. The Labute approximate surface area is 53.2 Å². The van der Waals surface area contributed by atoms with E-state index in [-0.39, 0.29) is 11.8 Å². The van der Waals surface area contributed by atoms with E-state index >= 15 is 0 Å². The van der Waals surface area contributed by atoms with Crippen molar-refractivity contribution in [3.8, 4) is 0 Å². The quantitative estimate of drug-likeness (QED) is 0.403.